The number of nitrogens with one attached hydrogen (secondary N) is 1. The fourth-order valence-corrected chi connectivity index (χ4v) is 2.10. The highest BCUT2D eigenvalue weighted by Crippen LogP contribution is 2.21. The topological polar surface area (TPSA) is 37.4 Å². The Hall–Kier alpha value is -1.29. The minimum Gasteiger partial charge on any atom is -0.380 e. The molecule has 4 nitrogen and oxygen atoms in total. The van der Waals surface area contributed by atoms with E-state index in [2.05, 4.69) is 35.1 Å². The minimum absolute atomic E-state index is 0.346. The van der Waals surface area contributed by atoms with Gasteiger partial charge in [-0.2, -0.15) is 0 Å². The van der Waals surface area contributed by atoms with E-state index in [4.69, 9.17) is 4.74 Å². The molecule has 1 aliphatic heterocycles. The number of methoxy groups -OCH3 is 1. The van der Waals surface area contributed by atoms with Gasteiger partial charge >= 0.3 is 0 Å². The highest BCUT2D eigenvalue weighted by molar-refractivity contribution is 5.48. The molecular formula is C13H21N3O. The smallest absolute Gasteiger partial charge is 0.131 e. The summed E-state index contributed by atoms with van der Waals surface area (Å²) in [5, 5.41) is 3.32. The molecule has 0 saturated carbocycles. The molecule has 1 saturated heterocycles. The first-order valence-electron chi connectivity index (χ1n) is 6.20. The van der Waals surface area contributed by atoms with Crippen molar-refractivity contribution in [2.45, 2.75) is 32.4 Å². The molecule has 1 aromatic rings. The number of ether oxygens (including phenoxy) is 1. The van der Waals surface area contributed by atoms with Gasteiger partial charge in [-0.05, 0) is 32.4 Å². The van der Waals surface area contributed by atoms with Crippen LogP contribution in [0.4, 0.5) is 11.6 Å². The standard InChI is InChI=1S/C13H21N3O/c1-10(2)14-12-5-4-6-13(15-12)16-8-7-11(9-16)17-3/h4-6,10-11H,7-9H2,1-3H3,(H,14,15)/t11-/m0/s1. The van der Waals surface area contributed by atoms with Crippen LogP contribution < -0.4 is 10.2 Å². The third-order valence-corrected chi connectivity index (χ3v) is 2.97. The summed E-state index contributed by atoms with van der Waals surface area (Å²) in [5.74, 6) is 1.98. The predicted molar refractivity (Wildman–Crippen MR) is 70.6 cm³/mol. The Morgan fingerprint density at radius 3 is 2.94 bits per heavy atom. The van der Waals surface area contributed by atoms with Gasteiger partial charge < -0.3 is 15.0 Å². The fraction of sp³-hybridized carbons (Fsp3) is 0.615. The van der Waals surface area contributed by atoms with E-state index in [1.807, 2.05) is 12.1 Å². The molecule has 1 fully saturated rings. The van der Waals surface area contributed by atoms with E-state index in [1.165, 1.54) is 0 Å². The van der Waals surface area contributed by atoms with Crippen molar-refractivity contribution in [3.63, 3.8) is 0 Å². The Balaban J connectivity index is 2.06. The monoisotopic (exact) mass is 235 g/mol. The van der Waals surface area contributed by atoms with Gasteiger partial charge in [0.15, 0.2) is 0 Å². The zero-order valence-electron chi connectivity index (χ0n) is 10.8. The molecule has 1 aliphatic rings. The van der Waals surface area contributed by atoms with E-state index in [-0.39, 0.29) is 0 Å². The molecule has 0 bridgehead atoms. The summed E-state index contributed by atoms with van der Waals surface area (Å²) in [6, 6.07) is 6.52. The third kappa shape index (κ3) is 3.09. The maximum atomic E-state index is 5.37. The molecule has 1 N–H and O–H groups in total. The van der Waals surface area contributed by atoms with E-state index in [1.54, 1.807) is 7.11 Å². The second-order valence-electron chi connectivity index (χ2n) is 4.77. The lowest BCUT2D eigenvalue weighted by Crippen LogP contribution is -2.23. The first-order valence-corrected chi connectivity index (χ1v) is 6.20. The van der Waals surface area contributed by atoms with Crippen molar-refractivity contribution in [1.29, 1.82) is 0 Å². The van der Waals surface area contributed by atoms with Crippen molar-refractivity contribution in [2.75, 3.05) is 30.4 Å². The Morgan fingerprint density at radius 2 is 2.29 bits per heavy atom. The first kappa shape index (κ1) is 12.2. The highest BCUT2D eigenvalue weighted by atomic mass is 16.5. The van der Waals surface area contributed by atoms with Crippen LogP contribution in [-0.2, 0) is 4.74 Å². The third-order valence-electron chi connectivity index (χ3n) is 2.97. The summed E-state index contributed by atoms with van der Waals surface area (Å²) in [4.78, 5) is 6.90. The Kier molecular flexibility index (Phi) is 3.84. The molecule has 1 aromatic heterocycles. The van der Waals surface area contributed by atoms with Crippen LogP contribution in [0.1, 0.15) is 20.3 Å². The van der Waals surface area contributed by atoms with E-state index in [9.17, 15) is 0 Å². The second-order valence-corrected chi connectivity index (χ2v) is 4.77. The summed E-state index contributed by atoms with van der Waals surface area (Å²) in [6.07, 6.45) is 1.43. The van der Waals surface area contributed by atoms with Crippen LogP contribution in [0.25, 0.3) is 0 Å². The summed E-state index contributed by atoms with van der Waals surface area (Å²) < 4.78 is 5.37. The number of anilines is 2. The lowest BCUT2D eigenvalue weighted by Gasteiger charge is -2.18. The van der Waals surface area contributed by atoms with Crippen molar-refractivity contribution in [3.05, 3.63) is 18.2 Å². The molecule has 0 radical (unpaired) electrons. The number of rotatable bonds is 4. The average Bonchev–Trinajstić information content (AvgIpc) is 2.77. The zero-order valence-corrected chi connectivity index (χ0v) is 10.8. The van der Waals surface area contributed by atoms with E-state index >= 15 is 0 Å². The molecule has 17 heavy (non-hydrogen) atoms. The summed E-state index contributed by atoms with van der Waals surface area (Å²) >= 11 is 0. The number of pyridine rings is 1. The molecule has 0 aliphatic carbocycles. The predicted octanol–water partition coefficient (Wildman–Crippen LogP) is 2.13. The van der Waals surface area contributed by atoms with Crippen molar-refractivity contribution >= 4 is 11.6 Å². The molecule has 2 rings (SSSR count). The number of hydrogen-bond donors (Lipinski definition) is 1. The molecule has 0 amide bonds. The number of aromatic nitrogens is 1. The van der Waals surface area contributed by atoms with Gasteiger partial charge in [0.1, 0.15) is 11.6 Å². The number of nitrogens with zero attached hydrogens (tertiary/aromatic N) is 2. The molecule has 0 unspecified atom stereocenters. The zero-order chi connectivity index (χ0) is 12.3. The molecule has 94 valence electrons. The van der Waals surface area contributed by atoms with Gasteiger partial charge in [0, 0.05) is 26.2 Å². The van der Waals surface area contributed by atoms with Crippen molar-refractivity contribution < 1.29 is 4.74 Å². The normalized spacial score (nSPS) is 20.0. The van der Waals surface area contributed by atoms with E-state index < -0.39 is 0 Å². The van der Waals surface area contributed by atoms with Gasteiger partial charge in [-0.3, -0.25) is 0 Å². The van der Waals surface area contributed by atoms with Crippen LogP contribution in [0.2, 0.25) is 0 Å². The summed E-state index contributed by atoms with van der Waals surface area (Å²) in [5.41, 5.74) is 0. The van der Waals surface area contributed by atoms with Crippen molar-refractivity contribution in [3.8, 4) is 0 Å². The van der Waals surface area contributed by atoms with Gasteiger partial charge in [-0.15, -0.1) is 0 Å². The van der Waals surface area contributed by atoms with Crippen LogP contribution in [0, 0.1) is 0 Å². The first-order chi connectivity index (χ1) is 8.19. The summed E-state index contributed by atoms with van der Waals surface area (Å²) in [6.45, 7) is 6.20. The largest absolute Gasteiger partial charge is 0.380 e. The average molecular weight is 235 g/mol. The van der Waals surface area contributed by atoms with Gasteiger partial charge in [0.25, 0.3) is 0 Å². The van der Waals surface area contributed by atoms with Crippen LogP contribution >= 0.6 is 0 Å². The van der Waals surface area contributed by atoms with E-state index in [0.717, 1.165) is 31.1 Å². The quantitative estimate of drug-likeness (QED) is 0.867. The molecule has 0 spiro atoms. The summed E-state index contributed by atoms with van der Waals surface area (Å²) in [7, 11) is 1.78. The fourth-order valence-electron chi connectivity index (χ4n) is 2.10. The highest BCUT2D eigenvalue weighted by Gasteiger charge is 2.23. The SMILES string of the molecule is CO[C@H]1CCN(c2cccc(NC(C)C)n2)C1. The maximum absolute atomic E-state index is 5.37. The van der Waals surface area contributed by atoms with Gasteiger partial charge in [-0.1, -0.05) is 6.07 Å². The van der Waals surface area contributed by atoms with Gasteiger partial charge in [0.05, 0.1) is 6.10 Å². The minimum atomic E-state index is 0.346. The lowest BCUT2D eigenvalue weighted by atomic mass is 10.3. The Bertz CT molecular complexity index is 367. The molecule has 2 heterocycles. The van der Waals surface area contributed by atoms with Crippen LogP contribution in [0.15, 0.2) is 18.2 Å². The van der Waals surface area contributed by atoms with Gasteiger partial charge in [0.2, 0.25) is 0 Å². The molecule has 0 aromatic carbocycles. The van der Waals surface area contributed by atoms with Crippen molar-refractivity contribution in [1.82, 2.24) is 4.98 Å². The van der Waals surface area contributed by atoms with Crippen LogP contribution in [-0.4, -0.2) is 37.3 Å². The van der Waals surface area contributed by atoms with Gasteiger partial charge in [-0.25, -0.2) is 4.98 Å². The molecular weight excluding hydrogens is 214 g/mol. The maximum Gasteiger partial charge on any atom is 0.131 e. The molecule has 4 heteroatoms. The lowest BCUT2D eigenvalue weighted by molar-refractivity contribution is 0.121. The van der Waals surface area contributed by atoms with Crippen molar-refractivity contribution in [2.24, 2.45) is 0 Å². The van der Waals surface area contributed by atoms with E-state index in [0.29, 0.717) is 12.1 Å². The Labute approximate surface area is 103 Å². The van der Waals surface area contributed by atoms with Crippen LogP contribution in [0.5, 0.6) is 0 Å². The molecule has 1 atom stereocenters. The number of hydrogen-bond acceptors (Lipinski definition) is 4. The second kappa shape index (κ2) is 5.36. The Morgan fingerprint density at radius 1 is 1.47 bits per heavy atom. The van der Waals surface area contributed by atoms with Crippen LogP contribution in [0.3, 0.4) is 0 Å².